The lowest BCUT2D eigenvalue weighted by atomic mass is 9.97. The van der Waals surface area contributed by atoms with Gasteiger partial charge in [0.25, 0.3) is 0 Å². The van der Waals surface area contributed by atoms with Crippen molar-refractivity contribution in [3.05, 3.63) is 0 Å². The van der Waals surface area contributed by atoms with Gasteiger partial charge in [0, 0.05) is 13.1 Å². The summed E-state index contributed by atoms with van der Waals surface area (Å²) in [6, 6.07) is 0. The van der Waals surface area contributed by atoms with Gasteiger partial charge >= 0.3 is 0 Å². The molecule has 0 bridgehead atoms. The molecule has 14 heavy (non-hydrogen) atoms. The summed E-state index contributed by atoms with van der Waals surface area (Å²) in [6.07, 6.45) is 2.73. The van der Waals surface area contributed by atoms with Crippen molar-refractivity contribution in [2.75, 3.05) is 32.6 Å². The van der Waals surface area contributed by atoms with Crippen LogP contribution in [0.15, 0.2) is 0 Å². The van der Waals surface area contributed by atoms with Gasteiger partial charge in [0.05, 0.1) is 18.8 Å². The van der Waals surface area contributed by atoms with Crippen LogP contribution in [0.1, 0.15) is 20.3 Å². The third-order valence-corrected chi connectivity index (χ3v) is 3.83. The van der Waals surface area contributed by atoms with Gasteiger partial charge in [-0.05, 0) is 19.6 Å². The fourth-order valence-corrected chi connectivity index (χ4v) is 2.49. The molecule has 0 spiro atoms. The Balaban J connectivity index is 2.71. The minimum absolute atomic E-state index is 0.266. The predicted octanol–water partition coefficient (Wildman–Crippen LogP) is 1.38. The minimum atomic E-state index is -0.302. The highest BCUT2D eigenvalue weighted by molar-refractivity contribution is 8.13. The van der Waals surface area contributed by atoms with E-state index >= 15 is 0 Å². The number of thioether (sulfide) groups is 1. The van der Waals surface area contributed by atoms with E-state index in [0.29, 0.717) is 0 Å². The molecule has 1 rings (SSSR count). The van der Waals surface area contributed by atoms with E-state index in [0.717, 1.165) is 32.7 Å². The Morgan fingerprint density at radius 1 is 1.50 bits per heavy atom. The van der Waals surface area contributed by atoms with Crippen molar-refractivity contribution in [3.63, 3.8) is 0 Å². The van der Waals surface area contributed by atoms with Crippen molar-refractivity contribution in [3.8, 4) is 0 Å². The summed E-state index contributed by atoms with van der Waals surface area (Å²) >= 11 is 1.33. The first-order chi connectivity index (χ1) is 6.65. The van der Waals surface area contributed by atoms with Crippen molar-refractivity contribution >= 4 is 16.9 Å². The highest BCUT2D eigenvalue weighted by atomic mass is 32.2. The van der Waals surface area contributed by atoms with Crippen molar-refractivity contribution in [2.24, 2.45) is 0 Å². The molecule has 0 aromatic carbocycles. The van der Waals surface area contributed by atoms with Crippen molar-refractivity contribution in [2.45, 2.75) is 25.8 Å². The van der Waals surface area contributed by atoms with Crippen LogP contribution in [0.3, 0.4) is 0 Å². The summed E-state index contributed by atoms with van der Waals surface area (Å²) in [7, 11) is 0. The number of ether oxygens (including phenoxy) is 1. The van der Waals surface area contributed by atoms with E-state index in [2.05, 4.69) is 11.8 Å². The van der Waals surface area contributed by atoms with Gasteiger partial charge in [0.15, 0.2) is 0 Å². The Kier molecular flexibility index (Phi) is 4.41. The van der Waals surface area contributed by atoms with Gasteiger partial charge in [0.2, 0.25) is 5.12 Å². The molecule has 0 radical (unpaired) electrons. The molecule has 1 fully saturated rings. The average molecular weight is 217 g/mol. The maximum absolute atomic E-state index is 11.8. The maximum atomic E-state index is 11.8. The van der Waals surface area contributed by atoms with Gasteiger partial charge in [-0.25, -0.2) is 0 Å². The number of hydrogen-bond acceptors (Lipinski definition) is 4. The molecule has 0 N–H and O–H groups in total. The lowest BCUT2D eigenvalue weighted by Gasteiger charge is -2.41. The van der Waals surface area contributed by atoms with Crippen LogP contribution in [0, 0.1) is 0 Å². The fraction of sp³-hybridized carbons (Fsp3) is 0.900. The Morgan fingerprint density at radius 2 is 2.07 bits per heavy atom. The lowest BCUT2D eigenvalue weighted by Crippen LogP contribution is -2.55. The summed E-state index contributed by atoms with van der Waals surface area (Å²) < 4.78 is 5.29. The van der Waals surface area contributed by atoms with E-state index < -0.39 is 0 Å². The lowest BCUT2D eigenvalue weighted by molar-refractivity contribution is -0.124. The van der Waals surface area contributed by atoms with Gasteiger partial charge in [-0.15, -0.1) is 0 Å². The van der Waals surface area contributed by atoms with E-state index in [-0.39, 0.29) is 10.7 Å². The summed E-state index contributed by atoms with van der Waals surface area (Å²) in [5.41, 5.74) is -0.302. The number of hydrogen-bond donors (Lipinski definition) is 0. The van der Waals surface area contributed by atoms with E-state index in [1.807, 2.05) is 13.2 Å². The molecule has 1 saturated heterocycles. The molecule has 0 aromatic heterocycles. The zero-order valence-electron chi connectivity index (χ0n) is 9.21. The van der Waals surface area contributed by atoms with Crippen LogP contribution in [0.5, 0.6) is 0 Å². The van der Waals surface area contributed by atoms with Crippen molar-refractivity contribution in [1.29, 1.82) is 0 Å². The van der Waals surface area contributed by atoms with Crippen LogP contribution in [-0.2, 0) is 9.53 Å². The SMILES string of the molecule is CCC(C)(C(=O)SC)N1CCOCC1. The molecule has 4 heteroatoms. The molecule has 1 unspecified atom stereocenters. The summed E-state index contributed by atoms with van der Waals surface area (Å²) in [6.45, 7) is 7.35. The first kappa shape index (κ1) is 12.0. The Morgan fingerprint density at radius 3 is 2.50 bits per heavy atom. The Hall–Kier alpha value is -0.0600. The Bertz CT molecular complexity index is 204. The smallest absolute Gasteiger partial charge is 0.208 e. The van der Waals surface area contributed by atoms with Crippen LogP contribution in [0.4, 0.5) is 0 Å². The van der Waals surface area contributed by atoms with Gasteiger partial charge in [-0.3, -0.25) is 9.69 Å². The van der Waals surface area contributed by atoms with Gasteiger partial charge in [-0.1, -0.05) is 18.7 Å². The number of morpholine rings is 1. The topological polar surface area (TPSA) is 29.5 Å². The largest absolute Gasteiger partial charge is 0.379 e. The monoisotopic (exact) mass is 217 g/mol. The number of carbonyl (C=O) groups excluding carboxylic acids is 1. The molecule has 0 aliphatic carbocycles. The molecule has 1 heterocycles. The van der Waals surface area contributed by atoms with E-state index in [4.69, 9.17) is 4.74 Å². The number of rotatable bonds is 3. The summed E-state index contributed by atoms with van der Waals surface area (Å²) in [5, 5.41) is 0.266. The molecule has 0 amide bonds. The Labute approximate surface area is 90.2 Å². The van der Waals surface area contributed by atoms with Crippen LogP contribution in [0.25, 0.3) is 0 Å². The van der Waals surface area contributed by atoms with E-state index in [1.165, 1.54) is 11.8 Å². The van der Waals surface area contributed by atoms with Gasteiger partial charge in [0.1, 0.15) is 0 Å². The van der Waals surface area contributed by atoms with Crippen molar-refractivity contribution in [1.82, 2.24) is 4.90 Å². The van der Waals surface area contributed by atoms with Crippen molar-refractivity contribution < 1.29 is 9.53 Å². The average Bonchev–Trinajstić information content (AvgIpc) is 2.28. The summed E-state index contributed by atoms with van der Waals surface area (Å²) in [4.78, 5) is 14.1. The molecule has 3 nitrogen and oxygen atoms in total. The quantitative estimate of drug-likeness (QED) is 0.714. The van der Waals surface area contributed by atoms with Crippen LogP contribution in [0.2, 0.25) is 0 Å². The molecule has 0 aromatic rings. The minimum Gasteiger partial charge on any atom is -0.379 e. The molecule has 82 valence electrons. The third-order valence-electron chi connectivity index (χ3n) is 3.02. The second-order valence-corrected chi connectivity index (χ2v) is 4.50. The normalized spacial score (nSPS) is 23.1. The second kappa shape index (κ2) is 5.14. The number of nitrogens with zero attached hydrogens (tertiary/aromatic N) is 1. The van der Waals surface area contributed by atoms with Crippen LogP contribution < -0.4 is 0 Å². The fourth-order valence-electron chi connectivity index (χ4n) is 1.77. The zero-order valence-corrected chi connectivity index (χ0v) is 10.0. The first-order valence-corrected chi connectivity index (χ1v) is 6.29. The molecule has 1 aliphatic rings. The summed E-state index contributed by atoms with van der Waals surface area (Å²) in [5.74, 6) is 0. The van der Waals surface area contributed by atoms with E-state index in [9.17, 15) is 4.79 Å². The molecular weight excluding hydrogens is 198 g/mol. The first-order valence-electron chi connectivity index (χ1n) is 5.06. The zero-order chi connectivity index (χ0) is 10.6. The third kappa shape index (κ3) is 2.30. The van der Waals surface area contributed by atoms with Gasteiger partial charge < -0.3 is 4.74 Å². The number of carbonyl (C=O) groups is 1. The van der Waals surface area contributed by atoms with E-state index in [1.54, 1.807) is 0 Å². The predicted molar refractivity (Wildman–Crippen MR) is 59.6 cm³/mol. The van der Waals surface area contributed by atoms with Crippen LogP contribution >= 0.6 is 11.8 Å². The van der Waals surface area contributed by atoms with Gasteiger partial charge in [-0.2, -0.15) is 0 Å². The van der Waals surface area contributed by atoms with Crippen LogP contribution in [-0.4, -0.2) is 48.1 Å². The highest BCUT2D eigenvalue weighted by Crippen LogP contribution is 2.25. The molecule has 0 saturated carbocycles. The molecular formula is C10H19NO2S. The molecule has 1 atom stereocenters. The highest BCUT2D eigenvalue weighted by Gasteiger charge is 2.37. The maximum Gasteiger partial charge on any atom is 0.208 e. The second-order valence-electron chi connectivity index (χ2n) is 3.72. The molecule has 1 aliphatic heterocycles. The standard InChI is InChI=1S/C10H19NO2S/c1-4-10(2,9(12)14-3)11-5-7-13-8-6-11/h4-8H2,1-3H3.